The Kier molecular flexibility index (Phi) is 4.24. The van der Waals surface area contributed by atoms with Crippen LogP contribution in [-0.4, -0.2) is 25.2 Å². The van der Waals surface area contributed by atoms with Crippen LogP contribution in [0.4, 0.5) is 5.69 Å². The number of aryl methyl sites for hydroxylation is 1. The minimum atomic E-state index is -0.147. The van der Waals surface area contributed by atoms with Crippen LogP contribution in [0.15, 0.2) is 24.3 Å². The molecule has 1 aliphatic heterocycles. The van der Waals surface area contributed by atoms with Crippen LogP contribution in [0.3, 0.4) is 0 Å². The molecule has 98 valence electrons. The zero-order valence-electron chi connectivity index (χ0n) is 11.2. The number of ether oxygens (including phenoxy) is 1. The van der Waals surface area contributed by atoms with Gasteiger partial charge in [-0.25, -0.2) is 4.79 Å². The number of rotatable bonds is 4. The molecule has 0 saturated heterocycles. The van der Waals surface area contributed by atoms with Gasteiger partial charge in [-0.1, -0.05) is 25.1 Å². The molecular weight excluding hydrogens is 226 g/mol. The average Bonchev–Trinajstić information content (AvgIpc) is 2.40. The largest absolute Gasteiger partial charge is 0.464 e. The van der Waals surface area contributed by atoms with Gasteiger partial charge >= 0.3 is 5.97 Å². The van der Waals surface area contributed by atoms with Gasteiger partial charge in [0.05, 0.1) is 6.61 Å². The Labute approximate surface area is 109 Å². The molecule has 0 radical (unpaired) electrons. The van der Waals surface area contributed by atoms with Crippen molar-refractivity contribution in [2.24, 2.45) is 0 Å². The number of carbonyl (C=O) groups is 1. The quantitative estimate of drug-likeness (QED) is 0.766. The summed E-state index contributed by atoms with van der Waals surface area (Å²) in [5.41, 5.74) is 2.54. The number of nitrogens with zero attached hydrogens (tertiary/aromatic N) is 1. The lowest BCUT2D eigenvalue weighted by molar-refractivity contribution is -0.144. The van der Waals surface area contributed by atoms with Gasteiger partial charge in [-0.05, 0) is 37.8 Å². The summed E-state index contributed by atoms with van der Waals surface area (Å²) in [6.45, 7) is 5.28. The fourth-order valence-corrected chi connectivity index (χ4v) is 2.64. The van der Waals surface area contributed by atoms with Gasteiger partial charge in [0.25, 0.3) is 0 Å². The molecule has 1 aliphatic rings. The molecule has 0 saturated carbocycles. The van der Waals surface area contributed by atoms with Crippen LogP contribution in [0.2, 0.25) is 0 Å². The van der Waals surface area contributed by atoms with Crippen LogP contribution in [0.25, 0.3) is 0 Å². The second kappa shape index (κ2) is 5.89. The number of hydrogen-bond acceptors (Lipinski definition) is 3. The third-order valence-corrected chi connectivity index (χ3v) is 3.47. The maximum atomic E-state index is 12.0. The molecule has 1 unspecified atom stereocenters. The number of benzene rings is 1. The number of anilines is 1. The molecule has 1 heterocycles. The molecule has 0 amide bonds. The Morgan fingerprint density at radius 3 is 2.89 bits per heavy atom. The van der Waals surface area contributed by atoms with Gasteiger partial charge in [0.2, 0.25) is 0 Å². The van der Waals surface area contributed by atoms with Crippen molar-refractivity contribution in [2.75, 3.05) is 18.1 Å². The third kappa shape index (κ3) is 2.50. The van der Waals surface area contributed by atoms with E-state index >= 15 is 0 Å². The fourth-order valence-electron chi connectivity index (χ4n) is 2.64. The van der Waals surface area contributed by atoms with Crippen LogP contribution in [0.1, 0.15) is 32.3 Å². The van der Waals surface area contributed by atoms with Crippen molar-refractivity contribution < 1.29 is 9.53 Å². The highest BCUT2D eigenvalue weighted by Crippen LogP contribution is 2.29. The van der Waals surface area contributed by atoms with Crippen LogP contribution in [-0.2, 0) is 16.0 Å². The molecule has 3 nitrogen and oxygen atoms in total. The Morgan fingerprint density at radius 1 is 1.39 bits per heavy atom. The van der Waals surface area contributed by atoms with E-state index in [2.05, 4.69) is 23.1 Å². The Morgan fingerprint density at radius 2 is 2.17 bits per heavy atom. The van der Waals surface area contributed by atoms with Crippen LogP contribution >= 0.6 is 0 Å². The van der Waals surface area contributed by atoms with E-state index in [0.29, 0.717) is 6.61 Å². The van der Waals surface area contributed by atoms with Crippen molar-refractivity contribution >= 4 is 11.7 Å². The highest BCUT2D eigenvalue weighted by Gasteiger charge is 2.28. The van der Waals surface area contributed by atoms with E-state index in [-0.39, 0.29) is 12.0 Å². The SMILES string of the molecule is CCOC(=O)C(CC)N1CCCc2ccccc21. The molecule has 1 aromatic carbocycles. The van der Waals surface area contributed by atoms with Crippen molar-refractivity contribution in [3.05, 3.63) is 29.8 Å². The summed E-state index contributed by atoms with van der Waals surface area (Å²) in [4.78, 5) is 14.2. The molecule has 0 fully saturated rings. The predicted molar refractivity (Wildman–Crippen MR) is 72.8 cm³/mol. The second-order valence-corrected chi connectivity index (χ2v) is 4.60. The summed E-state index contributed by atoms with van der Waals surface area (Å²) in [5.74, 6) is -0.100. The van der Waals surface area contributed by atoms with Gasteiger partial charge in [-0.3, -0.25) is 0 Å². The minimum absolute atomic E-state index is 0.100. The molecule has 0 bridgehead atoms. The average molecular weight is 247 g/mol. The molecule has 2 rings (SSSR count). The summed E-state index contributed by atoms with van der Waals surface area (Å²) in [5, 5.41) is 0. The van der Waals surface area contributed by atoms with Gasteiger partial charge in [0, 0.05) is 12.2 Å². The molecule has 1 aromatic rings. The lowest BCUT2D eigenvalue weighted by atomic mass is 9.99. The van der Waals surface area contributed by atoms with E-state index in [1.54, 1.807) is 0 Å². The van der Waals surface area contributed by atoms with Gasteiger partial charge in [0.1, 0.15) is 6.04 Å². The molecule has 18 heavy (non-hydrogen) atoms. The highest BCUT2D eigenvalue weighted by atomic mass is 16.5. The predicted octanol–water partition coefficient (Wildman–Crippen LogP) is 2.78. The van der Waals surface area contributed by atoms with Crippen molar-refractivity contribution in [2.45, 2.75) is 39.2 Å². The first-order valence-corrected chi connectivity index (χ1v) is 6.79. The van der Waals surface area contributed by atoms with Crippen molar-refractivity contribution in [1.29, 1.82) is 0 Å². The lowest BCUT2D eigenvalue weighted by Crippen LogP contribution is -2.44. The molecule has 0 aromatic heterocycles. The summed E-state index contributed by atoms with van der Waals surface area (Å²) < 4.78 is 5.18. The molecule has 3 heteroatoms. The first kappa shape index (κ1) is 12.9. The molecule has 0 N–H and O–H groups in total. The van der Waals surface area contributed by atoms with Gasteiger partial charge in [-0.2, -0.15) is 0 Å². The standard InChI is InChI=1S/C15H21NO2/c1-3-13(15(17)18-4-2)16-11-7-9-12-8-5-6-10-14(12)16/h5-6,8,10,13H,3-4,7,9,11H2,1-2H3. The van der Waals surface area contributed by atoms with Crippen molar-refractivity contribution in [3.8, 4) is 0 Å². The van der Waals surface area contributed by atoms with Gasteiger partial charge in [-0.15, -0.1) is 0 Å². The van der Waals surface area contributed by atoms with Crippen LogP contribution < -0.4 is 4.90 Å². The number of para-hydroxylation sites is 1. The maximum Gasteiger partial charge on any atom is 0.328 e. The summed E-state index contributed by atoms with van der Waals surface area (Å²) in [6.07, 6.45) is 2.99. The van der Waals surface area contributed by atoms with E-state index in [1.807, 2.05) is 19.9 Å². The monoisotopic (exact) mass is 247 g/mol. The number of esters is 1. The molecule has 0 spiro atoms. The number of hydrogen-bond donors (Lipinski definition) is 0. The molecule has 0 aliphatic carbocycles. The Hall–Kier alpha value is -1.51. The van der Waals surface area contributed by atoms with Gasteiger partial charge < -0.3 is 9.64 Å². The summed E-state index contributed by atoms with van der Waals surface area (Å²) in [6, 6.07) is 8.21. The van der Waals surface area contributed by atoms with E-state index in [4.69, 9.17) is 4.74 Å². The second-order valence-electron chi connectivity index (χ2n) is 4.60. The number of carbonyl (C=O) groups excluding carboxylic acids is 1. The molecule has 1 atom stereocenters. The van der Waals surface area contributed by atoms with Gasteiger partial charge in [0.15, 0.2) is 0 Å². The summed E-state index contributed by atoms with van der Waals surface area (Å²) in [7, 11) is 0. The fraction of sp³-hybridized carbons (Fsp3) is 0.533. The van der Waals surface area contributed by atoms with Crippen LogP contribution in [0.5, 0.6) is 0 Å². The molecular formula is C15H21NO2. The van der Waals surface area contributed by atoms with E-state index in [0.717, 1.165) is 25.8 Å². The normalized spacial score (nSPS) is 16.0. The maximum absolute atomic E-state index is 12.0. The lowest BCUT2D eigenvalue weighted by Gasteiger charge is -2.36. The zero-order chi connectivity index (χ0) is 13.0. The topological polar surface area (TPSA) is 29.5 Å². The Bertz CT molecular complexity index is 417. The van der Waals surface area contributed by atoms with Crippen LogP contribution in [0, 0.1) is 0 Å². The van der Waals surface area contributed by atoms with Crippen molar-refractivity contribution in [1.82, 2.24) is 0 Å². The van der Waals surface area contributed by atoms with E-state index < -0.39 is 0 Å². The summed E-state index contributed by atoms with van der Waals surface area (Å²) >= 11 is 0. The minimum Gasteiger partial charge on any atom is -0.464 e. The van der Waals surface area contributed by atoms with E-state index in [1.165, 1.54) is 11.3 Å². The third-order valence-electron chi connectivity index (χ3n) is 3.47. The zero-order valence-corrected chi connectivity index (χ0v) is 11.2. The Balaban J connectivity index is 2.25. The van der Waals surface area contributed by atoms with Crippen molar-refractivity contribution in [3.63, 3.8) is 0 Å². The smallest absolute Gasteiger partial charge is 0.328 e. The first-order chi connectivity index (χ1) is 8.77. The highest BCUT2D eigenvalue weighted by molar-refractivity contribution is 5.80. The first-order valence-electron chi connectivity index (χ1n) is 6.79. The van der Waals surface area contributed by atoms with E-state index in [9.17, 15) is 4.79 Å². The number of fused-ring (bicyclic) bond motifs is 1.